The van der Waals surface area contributed by atoms with E-state index in [2.05, 4.69) is 265 Å². The Morgan fingerprint density at radius 3 is 1.08 bits per heavy atom. The third-order valence-corrected chi connectivity index (χ3v) is 16.5. The van der Waals surface area contributed by atoms with Gasteiger partial charge in [0.15, 0.2) is 17.3 Å². The fourth-order valence-corrected chi connectivity index (χ4v) is 12.7. The summed E-state index contributed by atoms with van der Waals surface area (Å²) in [6, 6.07) is 97.6. The van der Waals surface area contributed by atoms with Gasteiger partial charge in [-0.15, -0.1) is 15.3 Å². The van der Waals surface area contributed by atoms with Gasteiger partial charge < -0.3 is 0 Å². The van der Waals surface area contributed by atoms with Gasteiger partial charge in [0.2, 0.25) is 0 Å². The summed E-state index contributed by atoms with van der Waals surface area (Å²) < 4.78 is 8.28. The quantitative estimate of drug-likeness (QED) is 0.0826. The molecule has 10 aromatic carbocycles. The van der Waals surface area contributed by atoms with Crippen LogP contribution in [0.3, 0.4) is 0 Å². The number of aromatic nitrogens is 12. The monoisotopic (exact) mass is 1100 g/mol. The molecule has 0 spiro atoms. The lowest BCUT2D eigenvalue weighted by Crippen LogP contribution is -2.39. The molecule has 0 aliphatic rings. The van der Waals surface area contributed by atoms with E-state index in [1.807, 2.05) is 57.3 Å². The van der Waals surface area contributed by atoms with Crippen molar-refractivity contribution in [1.82, 2.24) is 59.8 Å². The molecule has 0 atom stereocenters. The first-order chi connectivity index (χ1) is 42.0. The third-order valence-electron chi connectivity index (χ3n) is 16.5. The lowest BCUT2D eigenvalue weighted by atomic mass is 9.77. The van der Waals surface area contributed by atoms with Crippen molar-refractivity contribution < 1.29 is 0 Å². The van der Waals surface area contributed by atoms with E-state index in [0.717, 1.165) is 95.8 Å². The molecule has 14 rings (SSSR count). The lowest BCUT2D eigenvalue weighted by Gasteiger charge is -2.36. The van der Waals surface area contributed by atoms with Crippen LogP contribution in [0.1, 0.15) is 68.5 Å². The number of aryl methyl sites for hydroxylation is 1. The van der Waals surface area contributed by atoms with E-state index >= 15 is 0 Å². The van der Waals surface area contributed by atoms with Crippen LogP contribution < -0.4 is 0 Å². The molecule has 0 saturated heterocycles. The Morgan fingerprint density at radius 1 is 0.376 bits per heavy atom. The van der Waals surface area contributed by atoms with Gasteiger partial charge in [-0.1, -0.05) is 286 Å². The number of benzene rings is 10. The van der Waals surface area contributed by atoms with E-state index in [4.69, 9.17) is 30.7 Å². The molecular weight excluding hydrogens is 1040 g/mol. The maximum absolute atomic E-state index is 5.04. The second-order valence-electron chi connectivity index (χ2n) is 21.3. The topological polar surface area (TPSA) is 122 Å². The van der Waals surface area contributed by atoms with E-state index in [0.29, 0.717) is 24.6 Å². The first-order valence-corrected chi connectivity index (χ1v) is 28.8. The van der Waals surface area contributed by atoms with Crippen molar-refractivity contribution >= 4 is 5.65 Å². The summed E-state index contributed by atoms with van der Waals surface area (Å²) in [6.07, 6.45) is 1.48. The van der Waals surface area contributed by atoms with Crippen LogP contribution in [0.2, 0.25) is 0 Å². The van der Waals surface area contributed by atoms with Crippen LogP contribution in [0.4, 0.5) is 0 Å². The number of rotatable bonds is 17. The molecule has 0 N–H and O–H groups in total. The molecule has 12 heteroatoms. The molecule has 0 aliphatic carbocycles. The van der Waals surface area contributed by atoms with Gasteiger partial charge in [0, 0.05) is 28.8 Å². The second kappa shape index (κ2) is 22.4. The molecule has 0 aliphatic heterocycles. The van der Waals surface area contributed by atoms with Crippen molar-refractivity contribution in [3.8, 4) is 45.0 Å². The molecular formula is C73H58N12. The zero-order chi connectivity index (χ0) is 57.2. The molecule has 410 valence electrons. The van der Waals surface area contributed by atoms with Crippen molar-refractivity contribution in [2.75, 3.05) is 0 Å². The Balaban J connectivity index is 0.775. The van der Waals surface area contributed by atoms with Gasteiger partial charge in [-0.2, -0.15) is 4.63 Å². The number of fused-ring (bicyclic) bond motifs is 1. The van der Waals surface area contributed by atoms with Gasteiger partial charge in [0.05, 0.1) is 6.54 Å². The highest BCUT2D eigenvalue weighted by molar-refractivity contribution is 5.82. The highest BCUT2D eigenvalue weighted by Gasteiger charge is 2.44. The average molecular weight is 1100 g/mol. The van der Waals surface area contributed by atoms with Gasteiger partial charge in [-0.25, -0.2) is 14.3 Å². The SMILES string of the molecule is CCc1c(Cc2ccc(-c3ccccc3-c3nnnn3C(c3ccccc3)(c3ccccc3)c3ccccc3)cc2)c2nc(C)nn2n1Cc1ccc(-c2ccccc2-c2nnnn2C(c2ccccc2)(c2ccccc2)c2ccccc2)cc1. The van der Waals surface area contributed by atoms with E-state index in [1.54, 1.807) is 0 Å². The predicted octanol–water partition coefficient (Wildman–Crippen LogP) is 14.4. The number of tetrazole rings is 2. The minimum atomic E-state index is -0.889. The Kier molecular flexibility index (Phi) is 13.7. The molecule has 0 unspecified atom stereocenters. The number of hydrogen-bond donors (Lipinski definition) is 0. The smallest absolute Gasteiger partial charge is 0.184 e. The summed E-state index contributed by atoms with van der Waals surface area (Å²) >= 11 is 0. The Labute approximate surface area is 493 Å². The van der Waals surface area contributed by atoms with E-state index in [1.165, 1.54) is 11.3 Å². The average Bonchev–Trinajstić information content (AvgIpc) is 2.10. The van der Waals surface area contributed by atoms with Crippen molar-refractivity contribution in [2.24, 2.45) is 0 Å². The van der Waals surface area contributed by atoms with E-state index < -0.39 is 11.1 Å². The fourth-order valence-electron chi connectivity index (χ4n) is 12.7. The normalized spacial score (nSPS) is 11.8. The standard InChI is InChI=1S/C73H58N12/c1-3-68-67(50-53-42-46-55(47-43-53)63-38-22-24-40-65(63)70-75-78-80-83(70)72(57-26-10-4-11-27-57,58-28-12-5-13-29-58)59-30-14-6-15-31-59)69-74-52(2)77-85(69)82(68)51-54-44-48-56(49-45-54)64-39-23-25-41-66(64)71-76-79-81-84(71)73(60-32-16-7-17-33-60,61-34-18-8-19-35-61)62-36-20-9-21-37-62/h4-49H,3,50-51H2,1-2H3. The molecule has 12 nitrogen and oxygen atoms in total. The summed E-state index contributed by atoms with van der Waals surface area (Å²) in [4.78, 5) is 5.04. The summed E-state index contributed by atoms with van der Waals surface area (Å²) in [5.74, 6) is 2.03. The van der Waals surface area contributed by atoms with Crippen LogP contribution in [0, 0.1) is 6.92 Å². The van der Waals surface area contributed by atoms with Crippen LogP contribution in [-0.4, -0.2) is 59.8 Å². The first kappa shape index (κ1) is 52.1. The summed E-state index contributed by atoms with van der Waals surface area (Å²) in [5.41, 5.74) is 16.0. The maximum atomic E-state index is 5.04. The molecule has 0 amide bonds. The molecule has 0 saturated carbocycles. The fraction of sp³-hybridized carbons (Fsp3) is 0.0959. The molecule has 4 heterocycles. The van der Waals surface area contributed by atoms with Crippen molar-refractivity contribution in [3.63, 3.8) is 0 Å². The van der Waals surface area contributed by atoms with Gasteiger partial charge in [-0.3, -0.25) is 4.68 Å². The molecule has 0 radical (unpaired) electrons. The van der Waals surface area contributed by atoms with Crippen LogP contribution in [0.25, 0.3) is 50.7 Å². The summed E-state index contributed by atoms with van der Waals surface area (Å²) in [7, 11) is 0. The maximum Gasteiger partial charge on any atom is 0.184 e. The van der Waals surface area contributed by atoms with E-state index in [-0.39, 0.29) is 0 Å². The zero-order valence-electron chi connectivity index (χ0n) is 47.0. The Hall–Kier alpha value is -11.0. The lowest BCUT2D eigenvalue weighted by molar-refractivity contribution is 0.451. The summed E-state index contributed by atoms with van der Waals surface area (Å²) in [5, 5.41) is 33.1. The van der Waals surface area contributed by atoms with Gasteiger partial charge in [0.25, 0.3) is 0 Å². The Morgan fingerprint density at radius 2 is 0.718 bits per heavy atom. The highest BCUT2D eigenvalue weighted by atomic mass is 15.6. The molecule has 4 aromatic heterocycles. The van der Waals surface area contributed by atoms with E-state index in [9.17, 15) is 0 Å². The largest absolute Gasteiger partial charge is 0.263 e. The Bertz CT molecular complexity index is 4070. The number of nitrogens with zero attached hydrogens (tertiary/aromatic N) is 12. The van der Waals surface area contributed by atoms with Gasteiger partial charge in [0.1, 0.15) is 16.9 Å². The zero-order valence-corrected chi connectivity index (χ0v) is 47.0. The second-order valence-corrected chi connectivity index (χ2v) is 21.3. The summed E-state index contributed by atoms with van der Waals surface area (Å²) in [6.45, 7) is 4.78. The third kappa shape index (κ3) is 9.11. The van der Waals surface area contributed by atoms with Gasteiger partial charge in [-0.05, 0) is 101 Å². The minimum absolute atomic E-state index is 0.603. The molecule has 14 aromatic rings. The van der Waals surface area contributed by atoms with Crippen molar-refractivity contribution in [3.05, 3.63) is 341 Å². The van der Waals surface area contributed by atoms with Crippen molar-refractivity contribution in [1.29, 1.82) is 0 Å². The predicted molar refractivity (Wildman–Crippen MR) is 334 cm³/mol. The number of hydrogen-bond acceptors (Lipinski definition) is 8. The van der Waals surface area contributed by atoms with Gasteiger partial charge >= 0.3 is 0 Å². The van der Waals surface area contributed by atoms with Crippen molar-refractivity contribution in [2.45, 2.75) is 44.3 Å². The molecule has 85 heavy (non-hydrogen) atoms. The van der Waals surface area contributed by atoms with Crippen LogP contribution in [-0.2, 0) is 30.5 Å². The van der Waals surface area contributed by atoms with Crippen LogP contribution >= 0.6 is 0 Å². The van der Waals surface area contributed by atoms with Crippen LogP contribution in [0.5, 0.6) is 0 Å². The minimum Gasteiger partial charge on any atom is -0.263 e. The highest BCUT2D eigenvalue weighted by Crippen LogP contribution is 2.46. The first-order valence-electron chi connectivity index (χ1n) is 28.8. The van der Waals surface area contributed by atoms with Crippen LogP contribution in [0.15, 0.2) is 279 Å². The molecule has 0 fully saturated rings. The molecule has 0 bridgehead atoms.